The van der Waals surface area contributed by atoms with Gasteiger partial charge in [0.05, 0.1) is 0 Å². The van der Waals surface area contributed by atoms with E-state index in [2.05, 4.69) is 5.32 Å². The highest BCUT2D eigenvalue weighted by molar-refractivity contribution is 6.07. The van der Waals surface area contributed by atoms with Crippen molar-refractivity contribution >= 4 is 17.8 Å². The minimum Gasteiger partial charge on any atom is -0.344 e. The van der Waals surface area contributed by atoms with Crippen molar-refractivity contribution in [3.8, 4) is 0 Å². The van der Waals surface area contributed by atoms with Gasteiger partial charge in [0.1, 0.15) is 12.1 Å². The predicted octanol–water partition coefficient (Wildman–Crippen LogP) is 0.185. The normalized spacial score (nSPS) is 23.9. The Bertz CT molecular complexity index is 356. The van der Waals surface area contributed by atoms with Crippen molar-refractivity contribution in [2.24, 2.45) is 0 Å². The Labute approximate surface area is 101 Å². The van der Waals surface area contributed by atoms with Crippen LogP contribution in [0.1, 0.15) is 27.2 Å². The largest absolute Gasteiger partial charge is 0.344 e. The summed E-state index contributed by atoms with van der Waals surface area (Å²) in [7, 11) is 1.67. The van der Waals surface area contributed by atoms with Gasteiger partial charge in [-0.05, 0) is 20.3 Å². The molecule has 0 spiro atoms. The van der Waals surface area contributed by atoms with E-state index in [4.69, 9.17) is 0 Å². The highest BCUT2D eigenvalue weighted by atomic mass is 16.2. The second-order valence-electron chi connectivity index (χ2n) is 4.38. The fourth-order valence-electron chi connectivity index (χ4n) is 1.68. The van der Waals surface area contributed by atoms with E-state index in [0.29, 0.717) is 13.0 Å². The van der Waals surface area contributed by atoms with E-state index in [0.717, 1.165) is 0 Å². The summed E-state index contributed by atoms with van der Waals surface area (Å²) in [6.07, 6.45) is 0.480. The molecule has 1 N–H and O–H groups in total. The van der Waals surface area contributed by atoms with Gasteiger partial charge in [-0.2, -0.15) is 0 Å². The number of imide groups is 1. The molecule has 1 aliphatic rings. The molecule has 0 aliphatic carbocycles. The van der Waals surface area contributed by atoms with Crippen LogP contribution in [0.2, 0.25) is 0 Å². The molecule has 0 aromatic heterocycles. The molecule has 4 amide bonds. The lowest BCUT2D eigenvalue weighted by Crippen LogP contribution is -2.50. The fourth-order valence-corrected chi connectivity index (χ4v) is 1.68. The molecule has 1 fully saturated rings. The van der Waals surface area contributed by atoms with Crippen LogP contribution in [0.3, 0.4) is 0 Å². The van der Waals surface area contributed by atoms with Crippen LogP contribution in [-0.4, -0.2) is 53.3 Å². The van der Waals surface area contributed by atoms with Gasteiger partial charge in [0.2, 0.25) is 5.91 Å². The number of likely N-dealkylation sites (N-methyl/N-ethyl adjacent to an activating group) is 1. The first-order chi connectivity index (χ1) is 7.86. The predicted molar refractivity (Wildman–Crippen MR) is 62.3 cm³/mol. The van der Waals surface area contributed by atoms with E-state index in [1.165, 1.54) is 9.80 Å². The van der Waals surface area contributed by atoms with Gasteiger partial charge in [0.15, 0.2) is 0 Å². The average molecular weight is 241 g/mol. The van der Waals surface area contributed by atoms with Crippen molar-refractivity contribution in [2.45, 2.75) is 32.7 Å². The monoisotopic (exact) mass is 241 g/mol. The average Bonchev–Trinajstić information content (AvgIpc) is 2.52. The van der Waals surface area contributed by atoms with Gasteiger partial charge < -0.3 is 9.80 Å². The second-order valence-corrected chi connectivity index (χ2v) is 4.38. The number of rotatable bonds is 4. The fraction of sp³-hybridized carbons (Fsp3) is 0.727. The Morgan fingerprint density at radius 2 is 2.00 bits per heavy atom. The van der Waals surface area contributed by atoms with Crippen LogP contribution >= 0.6 is 0 Å². The third kappa shape index (κ3) is 2.25. The zero-order chi connectivity index (χ0) is 13.2. The minimum absolute atomic E-state index is 0.0632. The quantitative estimate of drug-likeness (QED) is 0.714. The van der Waals surface area contributed by atoms with Gasteiger partial charge in [0, 0.05) is 13.6 Å². The number of nitrogens with one attached hydrogen (secondary N) is 1. The molecule has 0 radical (unpaired) electrons. The maximum atomic E-state index is 11.8. The summed E-state index contributed by atoms with van der Waals surface area (Å²) >= 11 is 0. The minimum atomic E-state index is -0.915. The lowest BCUT2D eigenvalue weighted by molar-refractivity contribution is -0.132. The SMILES string of the molecule is CCN(C)C(=O)CN1C(=O)NC(=O)C1(C)CC. The summed E-state index contributed by atoms with van der Waals surface area (Å²) in [6.45, 7) is 5.86. The number of hydrogen-bond acceptors (Lipinski definition) is 3. The van der Waals surface area contributed by atoms with Gasteiger partial charge in [-0.1, -0.05) is 6.92 Å². The van der Waals surface area contributed by atoms with Crippen LogP contribution in [0.5, 0.6) is 0 Å². The zero-order valence-electron chi connectivity index (χ0n) is 10.7. The molecule has 0 bridgehead atoms. The lowest BCUT2D eigenvalue weighted by atomic mass is 9.97. The highest BCUT2D eigenvalue weighted by Gasteiger charge is 2.48. The molecule has 6 nitrogen and oxygen atoms in total. The van der Waals surface area contributed by atoms with Crippen LogP contribution in [0.4, 0.5) is 4.79 Å². The molecule has 1 aliphatic heterocycles. The Balaban J connectivity index is 2.85. The summed E-state index contributed by atoms with van der Waals surface area (Å²) in [6, 6.07) is -0.489. The smallest absolute Gasteiger partial charge is 0.325 e. The summed E-state index contributed by atoms with van der Waals surface area (Å²) in [4.78, 5) is 37.9. The van der Waals surface area contributed by atoms with Crippen LogP contribution in [0.25, 0.3) is 0 Å². The number of carbonyl (C=O) groups excluding carboxylic acids is 3. The van der Waals surface area contributed by atoms with E-state index in [1.54, 1.807) is 14.0 Å². The first kappa shape index (κ1) is 13.5. The third-order valence-corrected chi connectivity index (χ3v) is 3.43. The van der Waals surface area contributed by atoms with E-state index in [9.17, 15) is 14.4 Å². The molecule has 6 heteroatoms. The van der Waals surface area contributed by atoms with Crippen LogP contribution in [0.15, 0.2) is 0 Å². The molecule has 96 valence electrons. The standard InChI is InChI=1S/C11H19N3O3/c1-5-11(3)9(16)12-10(17)14(11)7-8(15)13(4)6-2/h5-7H2,1-4H3,(H,12,16,17). The van der Waals surface area contributed by atoms with E-state index < -0.39 is 11.6 Å². The number of hydrogen-bond donors (Lipinski definition) is 1. The van der Waals surface area contributed by atoms with Gasteiger partial charge in [-0.25, -0.2) is 4.79 Å². The van der Waals surface area contributed by atoms with Gasteiger partial charge in [0.25, 0.3) is 5.91 Å². The maximum absolute atomic E-state index is 11.8. The maximum Gasteiger partial charge on any atom is 0.325 e. The summed E-state index contributed by atoms with van der Waals surface area (Å²) in [5.41, 5.74) is -0.915. The number of amides is 4. The third-order valence-electron chi connectivity index (χ3n) is 3.43. The van der Waals surface area contributed by atoms with E-state index >= 15 is 0 Å². The van der Waals surface area contributed by atoms with Gasteiger partial charge >= 0.3 is 6.03 Å². The molecule has 0 aromatic rings. The number of carbonyl (C=O) groups is 3. The van der Waals surface area contributed by atoms with Gasteiger partial charge in [-0.3, -0.25) is 14.9 Å². The summed E-state index contributed by atoms with van der Waals surface area (Å²) in [5.74, 6) is -0.506. The lowest BCUT2D eigenvalue weighted by Gasteiger charge is -2.31. The molecule has 17 heavy (non-hydrogen) atoms. The molecular formula is C11H19N3O3. The van der Waals surface area contributed by atoms with Crippen molar-refractivity contribution in [2.75, 3.05) is 20.1 Å². The highest BCUT2D eigenvalue weighted by Crippen LogP contribution is 2.24. The molecule has 1 unspecified atom stereocenters. The topological polar surface area (TPSA) is 69.7 Å². The van der Waals surface area contributed by atoms with Crippen molar-refractivity contribution in [3.05, 3.63) is 0 Å². The number of nitrogens with zero attached hydrogens (tertiary/aromatic N) is 2. The molecule has 1 atom stereocenters. The first-order valence-electron chi connectivity index (χ1n) is 5.73. The number of urea groups is 1. The molecule has 0 aromatic carbocycles. The van der Waals surface area contributed by atoms with Crippen molar-refractivity contribution in [1.29, 1.82) is 0 Å². The van der Waals surface area contributed by atoms with Crippen molar-refractivity contribution < 1.29 is 14.4 Å². The zero-order valence-corrected chi connectivity index (χ0v) is 10.7. The Kier molecular flexibility index (Phi) is 3.75. The van der Waals surface area contributed by atoms with E-state index in [1.807, 2.05) is 13.8 Å². The van der Waals surface area contributed by atoms with Crippen LogP contribution < -0.4 is 5.32 Å². The Morgan fingerprint density at radius 1 is 1.41 bits per heavy atom. The van der Waals surface area contributed by atoms with Gasteiger partial charge in [-0.15, -0.1) is 0 Å². The second kappa shape index (κ2) is 4.73. The Morgan fingerprint density at radius 3 is 2.47 bits per heavy atom. The molecule has 1 heterocycles. The van der Waals surface area contributed by atoms with Crippen LogP contribution in [-0.2, 0) is 9.59 Å². The van der Waals surface area contributed by atoms with Crippen molar-refractivity contribution in [3.63, 3.8) is 0 Å². The molecule has 1 saturated heterocycles. The molecule has 0 saturated carbocycles. The first-order valence-corrected chi connectivity index (χ1v) is 5.73. The van der Waals surface area contributed by atoms with Crippen molar-refractivity contribution in [1.82, 2.24) is 15.1 Å². The molecular weight excluding hydrogens is 222 g/mol. The Hall–Kier alpha value is -1.59. The molecule has 1 rings (SSSR count). The van der Waals surface area contributed by atoms with Crippen LogP contribution in [0, 0.1) is 0 Å². The summed E-state index contributed by atoms with van der Waals surface area (Å²) in [5, 5.41) is 2.25. The summed E-state index contributed by atoms with van der Waals surface area (Å²) < 4.78 is 0. The van der Waals surface area contributed by atoms with E-state index in [-0.39, 0.29) is 18.4 Å².